The van der Waals surface area contributed by atoms with Crippen molar-refractivity contribution in [2.45, 2.75) is 28.7 Å². The van der Waals surface area contributed by atoms with E-state index >= 15 is 0 Å². The number of nitrogens with zero attached hydrogens (tertiary/aromatic N) is 2. The Balaban J connectivity index is -0.0000000718. The summed E-state index contributed by atoms with van der Waals surface area (Å²) in [4.78, 5) is 24.5. The Bertz CT molecular complexity index is 171. The standard InChI is InChI=1S/C4H9NO2.C3H7NO2.2CH4/c1-4(6)5(2)7-3;1-3(5)4(2)6;;/h1-3H3;6H,1-2H3;2*1H4. The number of carbonyl (C=O) groups is 2. The maximum Gasteiger partial charge on any atom is 0.242 e. The molecule has 6 heteroatoms. The van der Waals surface area contributed by atoms with Crippen LogP contribution in [0.3, 0.4) is 0 Å². The fraction of sp³-hybridized carbons (Fsp3) is 0.778. The van der Waals surface area contributed by atoms with Crippen LogP contribution in [0.5, 0.6) is 0 Å². The van der Waals surface area contributed by atoms with Crippen LogP contribution in [0.4, 0.5) is 0 Å². The van der Waals surface area contributed by atoms with E-state index in [2.05, 4.69) is 4.84 Å². The first-order chi connectivity index (χ1) is 5.82. The predicted molar refractivity (Wildman–Crippen MR) is 59.1 cm³/mol. The first kappa shape index (κ1) is 23.6. The van der Waals surface area contributed by atoms with Gasteiger partial charge in [0.2, 0.25) is 11.8 Å². The van der Waals surface area contributed by atoms with Gasteiger partial charge in [-0.2, -0.15) is 0 Å². The van der Waals surface area contributed by atoms with E-state index in [1.807, 2.05) is 0 Å². The monoisotopic (exact) mass is 224 g/mol. The lowest BCUT2D eigenvalue weighted by Crippen LogP contribution is -2.21. The molecule has 0 aromatic carbocycles. The molecule has 0 rings (SSSR count). The SMILES string of the molecule is C.C.CC(=O)N(C)O.CON(C)C(C)=O. The second-order valence-corrected chi connectivity index (χ2v) is 2.24. The highest BCUT2D eigenvalue weighted by molar-refractivity contribution is 5.71. The average molecular weight is 224 g/mol. The van der Waals surface area contributed by atoms with E-state index in [9.17, 15) is 9.59 Å². The Morgan fingerprint density at radius 2 is 1.33 bits per heavy atom. The number of rotatable bonds is 1. The Kier molecular flexibility index (Phi) is 20.2. The van der Waals surface area contributed by atoms with Crippen molar-refractivity contribution in [2.75, 3.05) is 21.2 Å². The summed E-state index contributed by atoms with van der Waals surface area (Å²) in [5.41, 5.74) is 0. The lowest BCUT2D eigenvalue weighted by atomic mass is 10.7. The Morgan fingerprint density at radius 1 is 1.07 bits per heavy atom. The van der Waals surface area contributed by atoms with Gasteiger partial charge in [0, 0.05) is 27.9 Å². The van der Waals surface area contributed by atoms with Crippen molar-refractivity contribution in [1.29, 1.82) is 0 Å². The zero-order chi connectivity index (χ0) is 11.0. The molecule has 15 heavy (non-hydrogen) atoms. The molecule has 0 aliphatic carbocycles. The van der Waals surface area contributed by atoms with Crippen LogP contribution in [0.25, 0.3) is 0 Å². The second kappa shape index (κ2) is 12.9. The fourth-order valence-corrected chi connectivity index (χ4v) is 0.129. The normalized spacial score (nSPS) is 7.07. The van der Waals surface area contributed by atoms with Crippen molar-refractivity contribution in [1.82, 2.24) is 10.1 Å². The van der Waals surface area contributed by atoms with Gasteiger partial charge in [0.05, 0.1) is 7.11 Å². The van der Waals surface area contributed by atoms with Crippen LogP contribution in [0.1, 0.15) is 28.7 Å². The molecule has 0 radical (unpaired) electrons. The number of carbonyl (C=O) groups excluding carboxylic acids is 2. The van der Waals surface area contributed by atoms with Crippen LogP contribution in [0, 0.1) is 0 Å². The van der Waals surface area contributed by atoms with Crippen molar-refractivity contribution in [3.05, 3.63) is 0 Å². The van der Waals surface area contributed by atoms with Crippen LogP contribution in [-0.4, -0.2) is 48.4 Å². The quantitative estimate of drug-likeness (QED) is 0.536. The van der Waals surface area contributed by atoms with Crippen molar-refractivity contribution in [3.8, 4) is 0 Å². The third-order valence-corrected chi connectivity index (χ3v) is 1.17. The molecule has 1 N–H and O–H groups in total. The summed E-state index contributed by atoms with van der Waals surface area (Å²) in [5, 5.41) is 9.79. The Hall–Kier alpha value is -1.14. The first-order valence-electron chi connectivity index (χ1n) is 3.54. The molecular weight excluding hydrogens is 200 g/mol. The van der Waals surface area contributed by atoms with Gasteiger partial charge in [-0.3, -0.25) is 19.6 Å². The Morgan fingerprint density at radius 3 is 1.33 bits per heavy atom. The fourth-order valence-electron chi connectivity index (χ4n) is 0.129. The molecule has 0 unspecified atom stereocenters. The van der Waals surface area contributed by atoms with Crippen LogP contribution in [0.2, 0.25) is 0 Å². The third-order valence-electron chi connectivity index (χ3n) is 1.17. The van der Waals surface area contributed by atoms with Crippen LogP contribution in [-0.2, 0) is 14.4 Å². The second-order valence-electron chi connectivity index (χ2n) is 2.24. The highest BCUT2D eigenvalue weighted by Crippen LogP contribution is 1.78. The maximum atomic E-state index is 10.2. The van der Waals surface area contributed by atoms with E-state index in [0.717, 1.165) is 5.06 Å². The summed E-state index contributed by atoms with van der Waals surface area (Å²) < 4.78 is 0. The molecule has 0 atom stereocenters. The summed E-state index contributed by atoms with van der Waals surface area (Å²) in [5.74, 6) is -0.447. The van der Waals surface area contributed by atoms with Crippen molar-refractivity contribution in [3.63, 3.8) is 0 Å². The minimum Gasteiger partial charge on any atom is -0.286 e. The van der Waals surface area contributed by atoms with Crippen molar-refractivity contribution in [2.24, 2.45) is 0 Å². The van der Waals surface area contributed by atoms with Gasteiger partial charge in [-0.1, -0.05) is 14.9 Å². The molecule has 0 aliphatic heterocycles. The van der Waals surface area contributed by atoms with E-state index in [0.29, 0.717) is 5.06 Å². The third kappa shape index (κ3) is 19.3. The van der Waals surface area contributed by atoms with E-state index in [1.54, 1.807) is 7.05 Å². The number of hydrogen-bond acceptors (Lipinski definition) is 4. The van der Waals surface area contributed by atoms with E-state index < -0.39 is 0 Å². The lowest BCUT2D eigenvalue weighted by Gasteiger charge is -2.08. The molecule has 0 saturated carbocycles. The van der Waals surface area contributed by atoms with Crippen LogP contribution < -0.4 is 0 Å². The van der Waals surface area contributed by atoms with Gasteiger partial charge in [0.25, 0.3) is 0 Å². The van der Waals surface area contributed by atoms with Gasteiger partial charge < -0.3 is 0 Å². The summed E-state index contributed by atoms with van der Waals surface area (Å²) in [6.45, 7) is 2.71. The summed E-state index contributed by atoms with van der Waals surface area (Å²) >= 11 is 0. The van der Waals surface area contributed by atoms with Gasteiger partial charge in [-0.15, -0.1) is 0 Å². The van der Waals surface area contributed by atoms with E-state index in [4.69, 9.17) is 5.21 Å². The number of hydroxylamine groups is 4. The maximum absolute atomic E-state index is 10.2. The van der Waals surface area contributed by atoms with Gasteiger partial charge >= 0.3 is 0 Å². The van der Waals surface area contributed by atoms with E-state index in [1.165, 1.54) is 28.0 Å². The molecule has 2 amide bonds. The van der Waals surface area contributed by atoms with Gasteiger partial charge in [-0.25, -0.2) is 10.1 Å². The molecule has 0 aromatic rings. The van der Waals surface area contributed by atoms with E-state index in [-0.39, 0.29) is 26.7 Å². The molecule has 0 aliphatic rings. The zero-order valence-corrected chi connectivity index (χ0v) is 8.57. The van der Waals surface area contributed by atoms with Gasteiger partial charge in [0.15, 0.2) is 0 Å². The highest BCUT2D eigenvalue weighted by Gasteiger charge is 1.95. The largest absolute Gasteiger partial charge is 0.286 e. The topological polar surface area (TPSA) is 70.1 Å². The molecular formula is C9H24N2O4. The number of amides is 2. The minimum atomic E-state index is -0.352. The molecule has 0 bridgehead atoms. The molecule has 0 aromatic heterocycles. The number of hydrogen-bond donors (Lipinski definition) is 1. The average Bonchev–Trinajstić information content (AvgIpc) is 2.03. The van der Waals surface area contributed by atoms with Gasteiger partial charge in [-0.05, 0) is 0 Å². The lowest BCUT2D eigenvalue weighted by molar-refractivity contribution is -0.165. The van der Waals surface area contributed by atoms with Crippen LogP contribution >= 0.6 is 0 Å². The van der Waals surface area contributed by atoms with Crippen molar-refractivity contribution < 1.29 is 19.6 Å². The Labute approximate surface area is 92.3 Å². The molecule has 0 fully saturated rings. The molecule has 94 valence electrons. The zero-order valence-electron chi connectivity index (χ0n) is 8.57. The molecule has 0 heterocycles. The minimum absolute atomic E-state index is 0. The molecule has 0 spiro atoms. The predicted octanol–water partition coefficient (Wildman–Crippen LogP) is 1.15. The molecule has 0 saturated heterocycles. The highest BCUT2D eigenvalue weighted by atomic mass is 16.7. The van der Waals surface area contributed by atoms with Crippen LogP contribution in [0.15, 0.2) is 0 Å². The summed E-state index contributed by atoms with van der Waals surface area (Å²) in [6.07, 6.45) is 0. The summed E-state index contributed by atoms with van der Waals surface area (Å²) in [6, 6.07) is 0. The smallest absolute Gasteiger partial charge is 0.242 e. The summed E-state index contributed by atoms with van der Waals surface area (Å²) in [7, 11) is 4.28. The molecule has 6 nitrogen and oxygen atoms in total. The van der Waals surface area contributed by atoms with Crippen molar-refractivity contribution >= 4 is 11.8 Å². The van der Waals surface area contributed by atoms with Gasteiger partial charge in [0.1, 0.15) is 0 Å². The first-order valence-corrected chi connectivity index (χ1v) is 3.54.